The Bertz CT molecular complexity index is 386. The molecular weight excluding hydrogens is 255 g/mol. The molecule has 14 heavy (non-hydrogen) atoms. The molecule has 1 aromatic rings. The second-order valence-corrected chi connectivity index (χ2v) is 3.74. The fourth-order valence-electron chi connectivity index (χ4n) is 1.23. The standard InChI is InChI=1S/C8H6BrFN2O2/c9-4-1-5(7(10)11-2-4)6-3-14-8(13)12-6/h1-2,6H,3H2,(H,12,13)/t6-/m0/s1. The molecule has 4 nitrogen and oxygen atoms in total. The molecule has 1 aliphatic rings. The Balaban J connectivity index is 2.31. The van der Waals surface area contributed by atoms with Gasteiger partial charge in [-0.05, 0) is 22.0 Å². The number of carbonyl (C=O) groups excluding carboxylic acids is 1. The van der Waals surface area contributed by atoms with Crippen LogP contribution in [0.25, 0.3) is 0 Å². The molecule has 1 amide bonds. The monoisotopic (exact) mass is 260 g/mol. The summed E-state index contributed by atoms with van der Waals surface area (Å²) in [5.74, 6) is -0.594. The van der Waals surface area contributed by atoms with Gasteiger partial charge in [0.2, 0.25) is 5.95 Å². The number of pyridine rings is 1. The number of hydrogen-bond donors (Lipinski definition) is 1. The Morgan fingerprint density at radius 2 is 2.50 bits per heavy atom. The van der Waals surface area contributed by atoms with Gasteiger partial charge < -0.3 is 10.1 Å². The van der Waals surface area contributed by atoms with Gasteiger partial charge in [0, 0.05) is 16.2 Å². The van der Waals surface area contributed by atoms with Crippen molar-refractivity contribution in [3.63, 3.8) is 0 Å². The maximum atomic E-state index is 13.2. The highest BCUT2D eigenvalue weighted by Crippen LogP contribution is 2.22. The fraction of sp³-hybridized carbons (Fsp3) is 0.250. The van der Waals surface area contributed by atoms with Gasteiger partial charge in [-0.15, -0.1) is 0 Å². The van der Waals surface area contributed by atoms with E-state index in [4.69, 9.17) is 0 Å². The first kappa shape index (κ1) is 9.39. The molecule has 1 N–H and O–H groups in total. The highest BCUT2D eigenvalue weighted by molar-refractivity contribution is 9.10. The lowest BCUT2D eigenvalue weighted by Gasteiger charge is -2.07. The third-order valence-electron chi connectivity index (χ3n) is 1.88. The minimum absolute atomic E-state index is 0.133. The second-order valence-electron chi connectivity index (χ2n) is 2.83. The van der Waals surface area contributed by atoms with Crippen molar-refractivity contribution in [3.8, 4) is 0 Å². The van der Waals surface area contributed by atoms with Crippen LogP contribution in [0.5, 0.6) is 0 Å². The predicted octanol–water partition coefficient (Wildman–Crippen LogP) is 1.76. The zero-order valence-corrected chi connectivity index (χ0v) is 8.54. The number of rotatable bonds is 1. The molecule has 0 radical (unpaired) electrons. The van der Waals surface area contributed by atoms with Crippen molar-refractivity contribution in [2.75, 3.05) is 6.61 Å². The molecule has 2 rings (SSSR count). The van der Waals surface area contributed by atoms with Crippen molar-refractivity contribution < 1.29 is 13.9 Å². The van der Waals surface area contributed by atoms with Crippen molar-refractivity contribution in [3.05, 3.63) is 28.2 Å². The minimum Gasteiger partial charge on any atom is -0.447 e. The molecule has 74 valence electrons. The molecule has 1 saturated heterocycles. The van der Waals surface area contributed by atoms with Crippen LogP contribution in [-0.2, 0) is 4.74 Å². The maximum Gasteiger partial charge on any atom is 0.407 e. The number of cyclic esters (lactones) is 1. The number of ether oxygens (including phenoxy) is 1. The maximum absolute atomic E-state index is 13.2. The van der Waals surface area contributed by atoms with E-state index in [2.05, 4.69) is 31.0 Å². The first-order valence-corrected chi connectivity index (χ1v) is 4.70. The lowest BCUT2D eigenvalue weighted by molar-refractivity contribution is 0.176. The lowest BCUT2D eigenvalue weighted by atomic mass is 10.1. The number of nitrogens with zero attached hydrogens (tertiary/aromatic N) is 1. The van der Waals surface area contributed by atoms with Crippen LogP contribution in [-0.4, -0.2) is 17.7 Å². The van der Waals surface area contributed by atoms with Crippen LogP contribution in [0.4, 0.5) is 9.18 Å². The molecule has 0 bridgehead atoms. The van der Waals surface area contributed by atoms with Crippen LogP contribution in [0.2, 0.25) is 0 Å². The SMILES string of the molecule is O=C1N[C@H](c2cc(Br)cnc2F)CO1. The highest BCUT2D eigenvalue weighted by Gasteiger charge is 2.26. The molecule has 6 heteroatoms. The number of carbonyl (C=O) groups is 1. The molecular formula is C8H6BrFN2O2. The molecule has 0 aliphatic carbocycles. The Morgan fingerprint density at radius 3 is 3.14 bits per heavy atom. The number of halogens is 2. The Hall–Kier alpha value is -1.17. The van der Waals surface area contributed by atoms with Gasteiger partial charge in [-0.1, -0.05) is 0 Å². The molecule has 2 heterocycles. The number of aromatic nitrogens is 1. The summed E-state index contributed by atoms with van der Waals surface area (Å²) in [7, 11) is 0. The van der Waals surface area contributed by atoms with Crippen LogP contribution in [0.3, 0.4) is 0 Å². The molecule has 0 spiro atoms. The molecule has 0 unspecified atom stereocenters. The lowest BCUT2D eigenvalue weighted by Crippen LogP contribution is -2.19. The minimum atomic E-state index is -0.594. The van der Waals surface area contributed by atoms with Gasteiger partial charge in [0.15, 0.2) is 0 Å². The Labute approximate surface area is 87.6 Å². The zero-order valence-electron chi connectivity index (χ0n) is 6.96. The molecule has 1 fully saturated rings. The van der Waals surface area contributed by atoms with E-state index in [0.717, 1.165) is 0 Å². The van der Waals surface area contributed by atoms with E-state index in [9.17, 15) is 9.18 Å². The third-order valence-corrected chi connectivity index (χ3v) is 2.32. The summed E-state index contributed by atoms with van der Waals surface area (Å²) < 4.78 is 18.5. The first-order valence-electron chi connectivity index (χ1n) is 3.91. The van der Waals surface area contributed by atoms with E-state index >= 15 is 0 Å². The predicted molar refractivity (Wildman–Crippen MR) is 49.1 cm³/mol. The quantitative estimate of drug-likeness (QED) is 0.784. The third kappa shape index (κ3) is 1.70. The van der Waals surface area contributed by atoms with Gasteiger partial charge in [0.05, 0.1) is 6.04 Å². The first-order chi connectivity index (χ1) is 6.66. The molecule has 1 aliphatic heterocycles. The Morgan fingerprint density at radius 1 is 1.71 bits per heavy atom. The molecule has 0 aromatic carbocycles. The van der Waals surface area contributed by atoms with E-state index in [1.807, 2.05) is 0 Å². The van der Waals surface area contributed by atoms with Crippen LogP contribution in [0.15, 0.2) is 16.7 Å². The summed E-state index contributed by atoms with van der Waals surface area (Å²) in [5.41, 5.74) is 0.324. The fourth-order valence-corrected chi connectivity index (χ4v) is 1.58. The van der Waals surface area contributed by atoms with E-state index in [1.54, 1.807) is 6.07 Å². The smallest absolute Gasteiger partial charge is 0.407 e. The van der Waals surface area contributed by atoms with Crippen molar-refractivity contribution >= 4 is 22.0 Å². The largest absolute Gasteiger partial charge is 0.447 e. The van der Waals surface area contributed by atoms with E-state index in [1.165, 1.54) is 6.20 Å². The van der Waals surface area contributed by atoms with Crippen LogP contribution in [0, 0.1) is 5.95 Å². The van der Waals surface area contributed by atoms with Crippen molar-refractivity contribution in [1.82, 2.24) is 10.3 Å². The number of nitrogens with one attached hydrogen (secondary N) is 1. The average Bonchev–Trinajstić information content (AvgIpc) is 2.56. The van der Waals surface area contributed by atoms with Crippen molar-refractivity contribution in [2.45, 2.75) is 6.04 Å². The van der Waals surface area contributed by atoms with Crippen molar-refractivity contribution in [2.24, 2.45) is 0 Å². The van der Waals surface area contributed by atoms with Gasteiger partial charge >= 0.3 is 6.09 Å². The average molecular weight is 261 g/mol. The van der Waals surface area contributed by atoms with E-state index in [0.29, 0.717) is 10.0 Å². The number of amides is 1. The van der Waals surface area contributed by atoms with Gasteiger partial charge in [-0.2, -0.15) is 4.39 Å². The van der Waals surface area contributed by atoms with E-state index < -0.39 is 18.1 Å². The number of alkyl carbamates (subject to hydrolysis) is 1. The summed E-state index contributed by atoms with van der Waals surface area (Å²) in [4.78, 5) is 14.3. The van der Waals surface area contributed by atoms with Crippen LogP contribution in [0.1, 0.15) is 11.6 Å². The van der Waals surface area contributed by atoms with Crippen molar-refractivity contribution in [1.29, 1.82) is 0 Å². The second kappa shape index (κ2) is 3.53. The van der Waals surface area contributed by atoms with Gasteiger partial charge in [-0.25, -0.2) is 9.78 Å². The highest BCUT2D eigenvalue weighted by atomic mass is 79.9. The molecule has 1 aromatic heterocycles. The summed E-state index contributed by atoms with van der Waals surface area (Å²) in [5, 5.41) is 2.48. The summed E-state index contributed by atoms with van der Waals surface area (Å²) in [6, 6.07) is 1.12. The summed E-state index contributed by atoms with van der Waals surface area (Å²) in [6.07, 6.45) is 0.825. The van der Waals surface area contributed by atoms with Gasteiger partial charge in [0.1, 0.15) is 6.61 Å². The molecule has 1 atom stereocenters. The topological polar surface area (TPSA) is 51.2 Å². The summed E-state index contributed by atoms with van der Waals surface area (Å²) >= 11 is 3.18. The van der Waals surface area contributed by atoms with Crippen LogP contribution < -0.4 is 5.32 Å². The molecule has 0 saturated carbocycles. The summed E-state index contributed by atoms with van der Waals surface area (Å²) in [6.45, 7) is 0.133. The zero-order chi connectivity index (χ0) is 10.1. The van der Waals surface area contributed by atoms with Crippen LogP contribution >= 0.6 is 15.9 Å². The Kier molecular flexibility index (Phi) is 2.37. The normalized spacial score (nSPS) is 20.4. The van der Waals surface area contributed by atoms with Gasteiger partial charge in [0.25, 0.3) is 0 Å². The number of hydrogen-bond acceptors (Lipinski definition) is 3. The van der Waals surface area contributed by atoms with Gasteiger partial charge in [-0.3, -0.25) is 0 Å². The van der Waals surface area contributed by atoms with E-state index in [-0.39, 0.29) is 6.61 Å².